The average molecular weight is 428 g/mol. The number of ether oxygens (including phenoxy) is 3. The number of carbonyl (C=O) groups is 2. The van der Waals surface area contributed by atoms with E-state index in [0.29, 0.717) is 45.5 Å². The molecule has 0 aromatic heterocycles. The van der Waals surface area contributed by atoms with Crippen molar-refractivity contribution in [2.24, 2.45) is 0 Å². The van der Waals surface area contributed by atoms with Crippen molar-refractivity contribution in [1.29, 1.82) is 0 Å². The molecule has 156 valence electrons. The van der Waals surface area contributed by atoms with E-state index in [1.165, 1.54) is 4.90 Å². The van der Waals surface area contributed by atoms with E-state index in [1.807, 2.05) is 51.5 Å². The molecule has 0 spiro atoms. The van der Waals surface area contributed by atoms with Gasteiger partial charge in [-0.25, -0.2) is 0 Å². The first kappa shape index (κ1) is 20.3. The van der Waals surface area contributed by atoms with Crippen LogP contribution >= 0.6 is 11.8 Å². The number of benzene rings is 2. The van der Waals surface area contributed by atoms with Gasteiger partial charge < -0.3 is 18.7 Å². The Hall–Kier alpha value is -2.97. The van der Waals surface area contributed by atoms with Gasteiger partial charge in [0.15, 0.2) is 11.5 Å². The topological polar surface area (TPSA) is 65.1 Å². The van der Waals surface area contributed by atoms with Crippen molar-refractivity contribution >= 4 is 29.0 Å². The van der Waals surface area contributed by atoms with Crippen molar-refractivity contribution in [2.45, 2.75) is 0 Å². The molecule has 0 radical (unpaired) electrons. The summed E-state index contributed by atoms with van der Waals surface area (Å²) in [6.45, 7) is 1.33. The number of likely N-dealkylation sites (N-methyl/N-ethyl adjacent to an activating group) is 1. The van der Waals surface area contributed by atoms with Crippen molar-refractivity contribution in [1.82, 2.24) is 4.90 Å². The molecule has 7 nitrogen and oxygen atoms in total. The Morgan fingerprint density at radius 1 is 1.03 bits per heavy atom. The van der Waals surface area contributed by atoms with Gasteiger partial charge in [0.2, 0.25) is 6.79 Å². The molecule has 2 aromatic carbocycles. The zero-order valence-corrected chi connectivity index (χ0v) is 17.9. The number of fused-ring (bicyclic) bond motifs is 1. The minimum atomic E-state index is -0.237. The van der Waals surface area contributed by atoms with Crippen LogP contribution in [0.4, 0.5) is 4.79 Å². The smallest absolute Gasteiger partial charge is 0.293 e. The summed E-state index contributed by atoms with van der Waals surface area (Å²) in [6, 6.07) is 12.7. The van der Waals surface area contributed by atoms with Crippen LogP contribution in [-0.4, -0.2) is 61.6 Å². The standard InChI is InChI=1S/C22H23N2O5S/c1-24(2,3)11-10-23-21(25)20(30-22(23)26)12-15-4-6-16(7-5-15)29-17-8-9-18-19(13-17)28-14-27-18/h4-9,12-13H,10-11,14H2,1-3H3/q+1/b20-12-. The molecule has 0 bridgehead atoms. The van der Waals surface area contributed by atoms with Crippen LogP contribution < -0.4 is 14.2 Å². The van der Waals surface area contributed by atoms with Crippen LogP contribution in [0.25, 0.3) is 6.08 Å². The molecule has 1 saturated heterocycles. The highest BCUT2D eigenvalue weighted by Gasteiger charge is 2.35. The fraction of sp³-hybridized carbons (Fsp3) is 0.273. The number of nitrogens with zero attached hydrogens (tertiary/aromatic N) is 2. The maximum Gasteiger partial charge on any atom is 0.293 e. The first-order valence-electron chi connectivity index (χ1n) is 9.52. The summed E-state index contributed by atoms with van der Waals surface area (Å²) in [5, 5.41) is -0.220. The van der Waals surface area contributed by atoms with Crippen LogP contribution in [0.3, 0.4) is 0 Å². The second-order valence-corrected chi connectivity index (χ2v) is 9.03. The van der Waals surface area contributed by atoms with Gasteiger partial charge in [-0.1, -0.05) is 12.1 Å². The Kier molecular flexibility index (Phi) is 5.44. The van der Waals surface area contributed by atoms with Gasteiger partial charge in [-0.2, -0.15) is 0 Å². The maximum atomic E-state index is 12.6. The first-order valence-corrected chi connectivity index (χ1v) is 10.3. The van der Waals surface area contributed by atoms with E-state index in [1.54, 1.807) is 18.2 Å². The molecule has 2 aliphatic rings. The van der Waals surface area contributed by atoms with Gasteiger partial charge >= 0.3 is 0 Å². The van der Waals surface area contributed by atoms with E-state index in [-0.39, 0.29) is 17.9 Å². The zero-order chi connectivity index (χ0) is 21.3. The summed E-state index contributed by atoms with van der Waals surface area (Å²) in [5.74, 6) is 2.42. The third-order valence-electron chi connectivity index (χ3n) is 4.63. The molecule has 4 rings (SSSR count). The molecule has 0 saturated carbocycles. The summed E-state index contributed by atoms with van der Waals surface area (Å²) < 4.78 is 17.2. The lowest BCUT2D eigenvalue weighted by Gasteiger charge is -2.25. The Morgan fingerprint density at radius 2 is 1.73 bits per heavy atom. The van der Waals surface area contributed by atoms with Gasteiger partial charge in [-0.3, -0.25) is 14.5 Å². The SMILES string of the molecule is C[N+](C)(C)CCN1C(=O)S/C(=C\c2ccc(Oc3ccc4c(c3)OCO4)cc2)C1=O. The van der Waals surface area contributed by atoms with Crippen molar-refractivity contribution in [3.05, 3.63) is 52.9 Å². The number of amides is 2. The number of imide groups is 1. The predicted octanol–water partition coefficient (Wildman–Crippen LogP) is 3.95. The van der Waals surface area contributed by atoms with E-state index in [2.05, 4.69) is 0 Å². The number of quaternary nitrogens is 1. The third kappa shape index (κ3) is 4.60. The molecule has 2 aromatic rings. The summed E-state index contributed by atoms with van der Waals surface area (Å²) >= 11 is 0.980. The molecule has 1 fully saturated rings. The quantitative estimate of drug-likeness (QED) is 0.514. The zero-order valence-electron chi connectivity index (χ0n) is 17.1. The lowest BCUT2D eigenvalue weighted by Crippen LogP contribution is -2.43. The number of carbonyl (C=O) groups excluding carboxylic acids is 2. The van der Waals surface area contributed by atoms with Gasteiger partial charge in [-0.15, -0.1) is 0 Å². The monoisotopic (exact) mass is 427 g/mol. The van der Waals surface area contributed by atoms with Gasteiger partial charge in [0.1, 0.15) is 11.5 Å². The Bertz CT molecular complexity index is 1010. The fourth-order valence-corrected chi connectivity index (χ4v) is 3.82. The lowest BCUT2D eigenvalue weighted by atomic mass is 10.2. The summed E-state index contributed by atoms with van der Waals surface area (Å²) in [6.07, 6.45) is 1.74. The Balaban J connectivity index is 1.42. The van der Waals surface area contributed by atoms with Gasteiger partial charge in [-0.05, 0) is 47.7 Å². The van der Waals surface area contributed by atoms with Gasteiger partial charge in [0.05, 0.1) is 39.1 Å². The second-order valence-electron chi connectivity index (χ2n) is 8.03. The molecule has 0 aliphatic carbocycles. The largest absolute Gasteiger partial charge is 0.457 e. The van der Waals surface area contributed by atoms with E-state index < -0.39 is 0 Å². The van der Waals surface area contributed by atoms with Crippen LogP contribution in [-0.2, 0) is 4.79 Å². The Morgan fingerprint density at radius 3 is 2.47 bits per heavy atom. The van der Waals surface area contributed by atoms with Crippen LogP contribution in [0, 0.1) is 0 Å². The molecule has 2 aliphatic heterocycles. The summed E-state index contributed by atoms with van der Waals surface area (Å²) in [7, 11) is 6.09. The molecule has 2 amide bonds. The predicted molar refractivity (Wildman–Crippen MR) is 115 cm³/mol. The molecule has 8 heteroatoms. The Labute approximate surface area is 179 Å². The number of hydrogen-bond donors (Lipinski definition) is 0. The number of rotatable bonds is 6. The molecular formula is C22H23N2O5S+. The third-order valence-corrected chi connectivity index (χ3v) is 5.53. The van der Waals surface area contributed by atoms with E-state index in [9.17, 15) is 9.59 Å². The van der Waals surface area contributed by atoms with Crippen molar-refractivity contribution in [3.63, 3.8) is 0 Å². The molecule has 0 atom stereocenters. The molecule has 2 heterocycles. The molecule has 30 heavy (non-hydrogen) atoms. The van der Waals surface area contributed by atoms with Crippen LogP contribution in [0.5, 0.6) is 23.0 Å². The maximum absolute atomic E-state index is 12.6. The summed E-state index contributed by atoms with van der Waals surface area (Å²) in [5.41, 5.74) is 0.824. The summed E-state index contributed by atoms with van der Waals surface area (Å²) in [4.78, 5) is 26.6. The normalized spacial score (nSPS) is 17.2. The van der Waals surface area contributed by atoms with Crippen LogP contribution in [0.15, 0.2) is 47.4 Å². The fourth-order valence-electron chi connectivity index (χ4n) is 2.95. The highest BCUT2D eigenvalue weighted by molar-refractivity contribution is 8.18. The molecule has 0 N–H and O–H groups in total. The van der Waals surface area contributed by atoms with Crippen molar-refractivity contribution < 1.29 is 28.3 Å². The van der Waals surface area contributed by atoms with Gasteiger partial charge in [0, 0.05) is 6.07 Å². The first-order chi connectivity index (χ1) is 14.3. The average Bonchev–Trinajstić information content (AvgIpc) is 3.25. The second kappa shape index (κ2) is 8.04. The van der Waals surface area contributed by atoms with E-state index in [4.69, 9.17) is 14.2 Å². The number of hydrogen-bond acceptors (Lipinski definition) is 6. The van der Waals surface area contributed by atoms with Crippen molar-refractivity contribution in [2.75, 3.05) is 41.0 Å². The van der Waals surface area contributed by atoms with E-state index >= 15 is 0 Å². The molecular weight excluding hydrogens is 404 g/mol. The van der Waals surface area contributed by atoms with E-state index in [0.717, 1.165) is 17.3 Å². The highest BCUT2D eigenvalue weighted by atomic mass is 32.2. The van der Waals surface area contributed by atoms with Crippen molar-refractivity contribution in [3.8, 4) is 23.0 Å². The molecule has 0 unspecified atom stereocenters. The van der Waals surface area contributed by atoms with Crippen LogP contribution in [0.2, 0.25) is 0 Å². The number of thioether (sulfide) groups is 1. The van der Waals surface area contributed by atoms with Crippen LogP contribution in [0.1, 0.15) is 5.56 Å². The lowest BCUT2D eigenvalue weighted by molar-refractivity contribution is -0.869. The minimum absolute atomic E-state index is 0.216. The minimum Gasteiger partial charge on any atom is -0.457 e. The van der Waals surface area contributed by atoms with Gasteiger partial charge in [0.25, 0.3) is 11.1 Å². The highest BCUT2D eigenvalue weighted by Crippen LogP contribution is 2.37.